The second-order valence-corrected chi connectivity index (χ2v) is 8.45. The van der Waals surface area contributed by atoms with Gasteiger partial charge in [0.05, 0.1) is 5.69 Å². The maximum absolute atomic E-state index is 13.1. The number of amides is 1. The van der Waals surface area contributed by atoms with Crippen LogP contribution in [0.2, 0.25) is 0 Å². The number of carbonyl (C=O) groups excluding carboxylic acids is 1. The summed E-state index contributed by atoms with van der Waals surface area (Å²) in [7, 11) is 0. The van der Waals surface area contributed by atoms with E-state index in [9.17, 15) is 9.59 Å². The smallest absolute Gasteiger partial charge is 0.267 e. The molecule has 3 aromatic rings. The summed E-state index contributed by atoms with van der Waals surface area (Å²) in [5, 5.41) is 8.89. The number of rotatable bonds is 5. The van der Waals surface area contributed by atoms with Gasteiger partial charge in [-0.3, -0.25) is 9.59 Å². The van der Waals surface area contributed by atoms with Crippen molar-refractivity contribution in [2.75, 3.05) is 13.1 Å². The van der Waals surface area contributed by atoms with E-state index < -0.39 is 6.04 Å². The van der Waals surface area contributed by atoms with Gasteiger partial charge in [-0.1, -0.05) is 30.3 Å². The van der Waals surface area contributed by atoms with Crippen LogP contribution in [-0.4, -0.2) is 43.5 Å². The fourth-order valence-corrected chi connectivity index (χ4v) is 4.34. The zero-order valence-corrected chi connectivity index (χ0v) is 18.4. The van der Waals surface area contributed by atoms with Crippen molar-refractivity contribution in [2.45, 2.75) is 46.1 Å². The zero-order valence-electron chi connectivity index (χ0n) is 18.4. The van der Waals surface area contributed by atoms with E-state index in [-0.39, 0.29) is 11.5 Å². The van der Waals surface area contributed by atoms with Gasteiger partial charge in [0.15, 0.2) is 5.82 Å². The molecule has 1 atom stereocenters. The van der Waals surface area contributed by atoms with Gasteiger partial charge < -0.3 is 4.90 Å². The van der Waals surface area contributed by atoms with Crippen molar-refractivity contribution in [3.05, 3.63) is 75.8 Å². The molecule has 2 aromatic heterocycles. The van der Waals surface area contributed by atoms with Gasteiger partial charge >= 0.3 is 0 Å². The minimum atomic E-state index is -0.657. The lowest BCUT2D eigenvalue weighted by Crippen LogP contribution is -2.44. The summed E-state index contributed by atoms with van der Waals surface area (Å²) in [6.45, 7) is 7.02. The third-order valence-electron chi connectivity index (χ3n) is 6.06. The Labute approximate surface area is 182 Å². The molecule has 3 heterocycles. The van der Waals surface area contributed by atoms with Crippen LogP contribution in [0.25, 0.3) is 5.82 Å². The van der Waals surface area contributed by atoms with E-state index in [1.54, 1.807) is 17.7 Å². The maximum atomic E-state index is 13.1. The number of aromatic nitrogens is 4. The Morgan fingerprint density at radius 2 is 1.77 bits per heavy atom. The fourth-order valence-electron chi connectivity index (χ4n) is 4.34. The summed E-state index contributed by atoms with van der Waals surface area (Å²) in [5.41, 5.74) is 2.86. The summed E-state index contributed by atoms with van der Waals surface area (Å²) in [5.74, 6) is 1.06. The van der Waals surface area contributed by atoms with Gasteiger partial charge in [-0.15, -0.1) is 5.10 Å². The fraction of sp³-hybridized carbons (Fsp3) is 0.417. The molecule has 1 aliphatic heterocycles. The Bertz CT molecular complexity index is 1110. The number of likely N-dealkylation sites (tertiary alicyclic amines) is 1. The molecule has 1 aliphatic rings. The van der Waals surface area contributed by atoms with Gasteiger partial charge in [0.2, 0.25) is 5.91 Å². The van der Waals surface area contributed by atoms with Crippen molar-refractivity contribution in [3.8, 4) is 5.82 Å². The van der Waals surface area contributed by atoms with Crippen molar-refractivity contribution in [3.63, 3.8) is 0 Å². The first-order valence-electron chi connectivity index (χ1n) is 10.9. The highest BCUT2D eigenvalue weighted by molar-refractivity contribution is 5.80. The van der Waals surface area contributed by atoms with Gasteiger partial charge in [0, 0.05) is 24.8 Å². The van der Waals surface area contributed by atoms with Crippen LogP contribution in [0.3, 0.4) is 0 Å². The monoisotopic (exact) mass is 419 g/mol. The van der Waals surface area contributed by atoms with Gasteiger partial charge in [-0.25, -0.2) is 9.36 Å². The minimum absolute atomic E-state index is 0.0571. The highest BCUT2D eigenvalue weighted by Crippen LogP contribution is 2.23. The lowest BCUT2D eigenvalue weighted by atomic mass is 9.90. The van der Waals surface area contributed by atoms with E-state index in [1.165, 1.54) is 16.3 Å². The van der Waals surface area contributed by atoms with Crippen molar-refractivity contribution >= 4 is 5.91 Å². The lowest BCUT2D eigenvalue weighted by molar-refractivity contribution is -0.136. The molecule has 1 saturated heterocycles. The normalized spacial score (nSPS) is 15.8. The molecule has 7 heteroatoms. The molecule has 0 spiro atoms. The molecule has 7 nitrogen and oxygen atoms in total. The first kappa shape index (κ1) is 21.0. The predicted molar refractivity (Wildman–Crippen MR) is 119 cm³/mol. The summed E-state index contributed by atoms with van der Waals surface area (Å²) < 4.78 is 2.97. The topological polar surface area (TPSA) is 73.0 Å². The first-order chi connectivity index (χ1) is 14.9. The van der Waals surface area contributed by atoms with Crippen LogP contribution in [0, 0.1) is 19.8 Å². The van der Waals surface area contributed by atoms with Crippen LogP contribution in [0.4, 0.5) is 0 Å². The summed E-state index contributed by atoms with van der Waals surface area (Å²) in [6.07, 6.45) is 2.99. The number of carbonyl (C=O) groups is 1. The first-order valence-corrected chi connectivity index (χ1v) is 10.9. The maximum Gasteiger partial charge on any atom is 0.267 e. The van der Waals surface area contributed by atoms with E-state index in [4.69, 9.17) is 0 Å². The lowest BCUT2D eigenvalue weighted by Gasteiger charge is -2.33. The average Bonchev–Trinajstić information content (AvgIpc) is 3.12. The molecular formula is C24H29N5O2. The molecule has 31 heavy (non-hydrogen) atoms. The predicted octanol–water partition coefficient (Wildman–Crippen LogP) is 3.09. The summed E-state index contributed by atoms with van der Waals surface area (Å²) in [6, 6.07) is 14.9. The van der Waals surface area contributed by atoms with E-state index in [1.807, 2.05) is 30.9 Å². The zero-order chi connectivity index (χ0) is 22.0. The third-order valence-corrected chi connectivity index (χ3v) is 6.06. The van der Waals surface area contributed by atoms with E-state index in [0.717, 1.165) is 30.7 Å². The highest BCUT2D eigenvalue weighted by atomic mass is 16.2. The molecule has 0 aliphatic carbocycles. The third kappa shape index (κ3) is 4.60. The van der Waals surface area contributed by atoms with E-state index in [0.29, 0.717) is 24.8 Å². The number of piperidine rings is 1. The van der Waals surface area contributed by atoms with Crippen LogP contribution in [0.15, 0.2) is 53.3 Å². The van der Waals surface area contributed by atoms with E-state index in [2.05, 4.69) is 34.5 Å². The average molecular weight is 420 g/mol. The number of hydrogen-bond donors (Lipinski definition) is 0. The molecule has 1 amide bonds. The molecule has 4 rings (SSSR count). The van der Waals surface area contributed by atoms with Gasteiger partial charge in [-0.05, 0) is 63.6 Å². The van der Waals surface area contributed by atoms with Crippen LogP contribution in [0.5, 0.6) is 0 Å². The Balaban J connectivity index is 1.44. The quantitative estimate of drug-likeness (QED) is 0.637. The van der Waals surface area contributed by atoms with Crippen LogP contribution in [0.1, 0.15) is 42.8 Å². The number of aryl methyl sites for hydroxylation is 2. The van der Waals surface area contributed by atoms with Crippen molar-refractivity contribution in [1.82, 2.24) is 24.5 Å². The SMILES string of the molecule is Cc1cc(C)n(-c2ccc(=O)n(C(C)C(=O)N3CCC(Cc4ccccc4)CC3)n2)n1. The van der Waals surface area contributed by atoms with Crippen molar-refractivity contribution in [2.24, 2.45) is 5.92 Å². The largest absolute Gasteiger partial charge is 0.341 e. The Morgan fingerprint density at radius 1 is 1.06 bits per heavy atom. The van der Waals surface area contributed by atoms with E-state index >= 15 is 0 Å². The van der Waals surface area contributed by atoms with Crippen LogP contribution in [-0.2, 0) is 11.2 Å². The number of hydrogen-bond acceptors (Lipinski definition) is 4. The number of nitrogens with zero attached hydrogens (tertiary/aromatic N) is 5. The Kier molecular flexibility index (Phi) is 6.02. The van der Waals surface area contributed by atoms with Crippen LogP contribution >= 0.6 is 0 Å². The van der Waals surface area contributed by atoms with Crippen molar-refractivity contribution in [1.29, 1.82) is 0 Å². The van der Waals surface area contributed by atoms with Crippen molar-refractivity contribution < 1.29 is 4.79 Å². The molecule has 0 bridgehead atoms. The number of benzene rings is 1. The minimum Gasteiger partial charge on any atom is -0.341 e. The molecule has 0 saturated carbocycles. The Hall–Kier alpha value is -3.22. The molecule has 0 N–H and O–H groups in total. The molecular weight excluding hydrogens is 390 g/mol. The molecule has 0 radical (unpaired) electrons. The highest BCUT2D eigenvalue weighted by Gasteiger charge is 2.28. The summed E-state index contributed by atoms with van der Waals surface area (Å²) >= 11 is 0. The second kappa shape index (κ2) is 8.88. The van der Waals surface area contributed by atoms with Gasteiger partial charge in [0.1, 0.15) is 6.04 Å². The Morgan fingerprint density at radius 3 is 2.42 bits per heavy atom. The van der Waals surface area contributed by atoms with Gasteiger partial charge in [-0.2, -0.15) is 5.10 Å². The van der Waals surface area contributed by atoms with Crippen LogP contribution < -0.4 is 5.56 Å². The van der Waals surface area contributed by atoms with Gasteiger partial charge in [0.25, 0.3) is 5.56 Å². The molecule has 1 aromatic carbocycles. The second-order valence-electron chi connectivity index (χ2n) is 8.45. The molecule has 1 unspecified atom stereocenters. The summed E-state index contributed by atoms with van der Waals surface area (Å²) in [4.78, 5) is 27.5. The standard InChI is InChI=1S/C24H29N5O2/c1-17-15-18(2)28(25-17)22-9-10-23(30)29(26-22)19(3)24(31)27-13-11-21(12-14-27)16-20-7-5-4-6-8-20/h4-10,15,19,21H,11-14,16H2,1-3H3. The molecule has 162 valence electrons. The molecule has 1 fully saturated rings.